The van der Waals surface area contributed by atoms with Gasteiger partial charge in [0.15, 0.2) is 5.82 Å². The van der Waals surface area contributed by atoms with Gasteiger partial charge in [0.25, 0.3) is 5.91 Å². The minimum Gasteiger partial charge on any atom is -0.494 e. The fourth-order valence-corrected chi connectivity index (χ4v) is 5.96. The van der Waals surface area contributed by atoms with Crippen LogP contribution < -0.4 is 10.5 Å². The van der Waals surface area contributed by atoms with Gasteiger partial charge in [0.1, 0.15) is 16.1 Å². The van der Waals surface area contributed by atoms with E-state index in [9.17, 15) is 4.79 Å². The number of thiophene rings is 1. The van der Waals surface area contributed by atoms with E-state index in [4.69, 9.17) is 15.5 Å². The first-order chi connectivity index (χ1) is 15.4. The van der Waals surface area contributed by atoms with Crippen LogP contribution in [0.3, 0.4) is 0 Å². The second kappa shape index (κ2) is 7.94. The minimum atomic E-state index is -0.0133. The normalized spacial score (nSPS) is 16.9. The molecule has 168 valence electrons. The van der Waals surface area contributed by atoms with Crippen LogP contribution in [-0.2, 0) is 13.6 Å². The lowest BCUT2D eigenvalue weighted by atomic mass is 10.0. The van der Waals surface area contributed by atoms with Crippen LogP contribution >= 0.6 is 11.3 Å². The average Bonchev–Trinajstić information content (AvgIpc) is 3.44. The molecule has 3 aromatic heterocycles. The van der Waals surface area contributed by atoms with Gasteiger partial charge < -0.3 is 24.5 Å². The Morgan fingerprint density at radius 1 is 1.34 bits per heavy atom. The number of ether oxygens (including phenoxy) is 1. The first-order valence-electron chi connectivity index (χ1n) is 11.1. The van der Waals surface area contributed by atoms with Gasteiger partial charge in [-0.25, -0.2) is 4.98 Å². The zero-order chi connectivity index (χ0) is 22.6. The molecule has 32 heavy (non-hydrogen) atoms. The summed E-state index contributed by atoms with van der Waals surface area (Å²) in [5, 5.41) is 3.46. The number of aryl methyl sites for hydroxylation is 3. The molecule has 2 N–H and O–H groups in total. The number of nitrogens with zero attached hydrogens (tertiary/aromatic N) is 4. The molecule has 1 saturated heterocycles. The molecule has 0 bridgehead atoms. The number of aromatic nitrogens is 3. The molecule has 7 nitrogen and oxygen atoms in total. The summed E-state index contributed by atoms with van der Waals surface area (Å²) >= 11 is 1.76. The highest BCUT2D eigenvalue weighted by molar-refractivity contribution is 7.17. The van der Waals surface area contributed by atoms with Crippen molar-refractivity contribution in [2.24, 2.45) is 12.8 Å². The van der Waals surface area contributed by atoms with Gasteiger partial charge >= 0.3 is 0 Å². The summed E-state index contributed by atoms with van der Waals surface area (Å²) in [6, 6.07) is 5.98. The molecule has 1 aliphatic heterocycles. The second-order valence-corrected chi connectivity index (χ2v) is 9.46. The van der Waals surface area contributed by atoms with Crippen molar-refractivity contribution >= 4 is 38.5 Å². The molecule has 4 aromatic rings. The fraction of sp³-hybridized carbons (Fsp3) is 0.417. The lowest BCUT2D eigenvalue weighted by Gasteiger charge is -2.30. The van der Waals surface area contributed by atoms with Gasteiger partial charge in [-0.05, 0) is 55.8 Å². The largest absolute Gasteiger partial charge is 0.494 e. The highest BCUT2D eigenvalue weighted by Gasteiger charge is 2.25. The fourth-order valence-electron chi connectivity index (χ4n) is 4.84. The highest BCUT2D eigenvalue weighted by Crippen LogP contribution is 2.37. The lowest BCUT2D eigenvalue weighted by molar-refractivity contribution is 0.0708. The van der Waals surface area contributed by atoms with Gasteiger partial charge in [-0.3, -0.25) is 4.79 Å². The Bertz CT molecular complexity index is 1330. The van der Waals surface area contributed by atoms with Crippen LogP contribution in [0.15, 0.2) is 23.6 Å². The molecule has 0 radical (unpaired) electrons. The molecule has 4 heterocycles. The predicted molar refractivity (Wildman–Crippen MR) is 130 cm³/mol. The lowest BCUT2D eigenvalue weighted by Crippen LogP contribution is -2.45. The Hall–Kier alpha value is -2.84. The van der Waals surface area contributed by atoms with E-state index in [0.29, 0.717) is 17.9 Å². The standard InChI is InChI=1S/C24H29N5O2S/c1-5-29-19(11-17-14(2)13-32-24(17)29)22-26-18-9-15(10-20(31-4)21(18)27(22)3)23(30)28-8-6-7-16(25)12-28/h9-11,13,16H,5-8,12,25H2,1-4H3/t16-/m1/s1. The van der Waals surface area contributed by atoms with Crippen LogP contribution in [0, 0.1) is 6.92 Å². The topological polar surface area (TPSA) is 78.3 Å². The van der Waals surface area contributed by atoms with E-state index in [1.807, 2.05) is 24.1 Å². The summed E-state index contributed by atoms with van der Waals surface area (Å²) in [7, 11) is 3.65. The number of nitrogens with two attached hydrogens (primary N) is 1. The van der Waals surface area contributed by atoms with Gasteiger partial charge in [-0.2, -0.15) is 0 Å². The molecule has 8 heteroatoms. The van der Waals surface area contributed by atoms with Crippen LogP contribution in [0.25, 0.3) is 32.8 Å². The molecule has 1 aliphatic rings. The number of hydrogen-bond acceptors (Lipinski definition) is 5. The molecular weight excluding hydrogens is 422 g/mol. The van der Waals surface area contributed by atoms with Crippen molar-refractivity contribution < 1.29 is 9.53 Å². The third kappa shape index (κ3) is 3.20. The molecule has 1 atom stereocenters. The Morgan fingerprint density at radius 3 is 2.88 bits per heavy atom. The number of rotatable bonds is 4. The third-order valence-corrected chi connectivity index (χ3v) is 7.65. The maximum absolute atomic E-state index is 13.2. The van der Waals surface area contributed by atoms with Gasteiger partial charge in [-0.15, -0.1) is 11.3 Å². The van der Waals surface area contributed by atoms with E-state index in [-0.39, 0.29) is 11.9 Å². The van der Waals surface area contributed by atoms with Crippen molar-refractivity contribution in [1.82, 2.24) is 19.0 Å². The number of hydrogen-bond donors (Lipinski definition) is 1. The summed E-state index contributed by atoms with van der Waals surface area (Å²) in [4.78, 5) is 21.3. The van der Waals surface area contributed by atoms with E-state index < -0.39 is 0 Å². The van der Waals surface area contributed by atoms with E-state index >= 15 is 0 Å². The van der Waals surface area contributed by atoms with Crippen LogP contribution in [0.4, 0.5) is 0 Å². The van der Waals surface area contributed by atoms with Crippen molar-refractivity contribution in [1.29, 1.82) is 0 Å². The molecule has 1 fully saturated rings. The summed E-state index contributed by atoms with van der Waals surface area (Å²) in [6.45, 7) is 6.48. The molecular formula is C24H29N5O2S. The summed E-state index contributed by atoms with van der Waals surface area (Å²) < 4.78 is 10.1. The zero-order valence-electron chi connectivity index (χ0n) is 19.0. The molecule has 1 aromatic carbocycles. The summed E-state index contributed by atoms with van der Waals surface area (Å²) in [5.74, 6) is 1.51. The summed E-state index contributed by atoms with van der Waals surface area (Å²) in [6.07, 6.45) is 1.90. The number of benzene rings is 1. The van der Waals surface area contributed by atoms with Crippen molar-refractivity contribution in [3.8, 4) is 17.3 Å². The third-order valence-electron chi connectivity index (χ3n) is 6.51. The first kappa shape index (κ1) is 21.0. The van der Waals surface area contributed by atoms with Crippen LogP contribution in [0.2, 0.25) is 0 Å². The molecule has 0 saturated carbocycles. The van der Waals surface area contributed by atoms with E-state index in [2.05, 4.69) is 34.4 Å². The number of piperidine rings is 1. The van der Waals surface area contributed by atoms with Gasteiger partial charge in [0.05, 0.1) is 18.3 Å². The average molecular weight is 452 g/mol. The van der Waals surface area contributed by atoms with Crippen molar-refractivity contribution in [3.63, 3.8) is 0 Å². The number of carbonyl (C=O) groups is 1. The van der Waals surface area contributed by atoms with Gasteiger partial charge in [0, 0.05) is 43.7 Å². The number of carbonyl (C=O) groups excluding carboxylic acids is 1. The number of likely N-dealkylation sites (tertiary alicyclic amines) is 1. The highest BCUT2D eigenvalue weighted by atomic mass is 32.1. The Balaban J connectivity index is 1.64. The van der Waals surface area contributed by atoms with Crippen LogP contribution in [0.1, 0.15) is 35.7 Å². The molecule has 0 aliphatic carbocycles. The number of fused-ring (bicyclic) bond motifs is 2. The predicted octanol–water partition coefficient (Wildman–Crippen LogP) is 4.16. The smallest absolute Gasteiger partial charge is 0.254 e. The number of amides is 1. The van der Waals surface area contributed by atoms with Crippen molar-refractivity contribution in [2.45, 2.75) is 39.3 Å². The van der Waals surface area contributed by atoms with Gasteiger partial charge in [-0.1, -0.05) is 0 Å². The van der Waals surface area contributed by atoms with Crippen molar-refractivity contribution in [3.05, 3.63) is 34.7 Å². The summed E-state index contributed by atoms with van der Waals surface area (Å²) in [5.41, 5.74) is 10.7. The first-order valence-corrected chi connectivity index (χ1v) is 12.0. The minimum absolute atomic E-state index is 0.0133. The molecule has 0 spiro atoms. The Labute approximate surface area is 191 Å². The van der Waals surface area contributed by atoms with Crippen LogP contribution in [-0.4, -0.2) is 51.2 Å². The maximum Gasteiger partial charge on any atom is 0.254 e. The zero-order valence-corrected chi connectivity index (χ0v) is 19.8. The van der Waals surface area contributed by atoms with E-state index in [0.717, 1.165) is 48.5 Å². The number of methoxy groups -OCH3 is 1. The molecule has 0 unspecified atom stereocenters. The Kier molecular flexibility index (Phi) is 5.22. The molecule has 5 rings (SSSR count). The SMILES string of the molecule is CCn1c(-c2nc3cc(C(=O)N4CCC[C@@H](N)C4)cc(OC)c3n2C)cc2c(C)csc21. The quantitative estimate of drug-likeness (QED) is 0.505. The van der Waals surface area contributed by atoms with E-state index in [1.54, 1.807) is 18.4 Å². The monoisotopic (exact) mass is 451 g/mol. The number of imidazole rings is 1. The van der Waals surface area contributed by atoms with E-state index in [1.165, 1.54) is 15.8 Å². The van der Waals surface area contributed by atoms with Crippen molar-refractivity contribution in [2.75, 3.05) is 20.2 Å². The molecule has 1 amide bonds. The maximum atomic E-state index is 13.2. The van der Waals surface area contributed by atoms with Gasteiger partial charge in [0.2, 0.25) is 0 Å². The second-order valence-electron chi connectivity index (χ2n) is 8.61. The Morgan fingerprint density at radius 2 is 2.16 bits per heavy atom. The van der Waals surface area contributed by atoms with Crippen LogP contribution in [0.5, 0.6) is 5.75 Å².